The van der Waals surface area contributed by atoms with E-state index >= 15 is 0 Å². The summed E-state index contributed by atoms with van der Waals surface area (Å²) in [7, 11) is 0. The fraction of sp³-hybridized carbons (Fsp3) is 0.500. The molecule has 0 saturated carbocycles. The molecule has 0 heterocycles. The average molecular weight is 288 g/mol. The molecule has 0 atom stereocenters. The van der Waals surface area contributed by atoms with Crippen LogP contribution in [-0.2, 0) is 21.0 Å². The highest BCUT2D eigenvalue weighted by atomic mass is 35.5. The van der Waals surface area contributed by atoms with Gasteiger partial charge in [-0.2, -0.15) is 0 Å². The van der Waals surface area contributed by atoms with E-state index in [1.54, 1.807) is 0 Å². The Morgan fingerprint density at radius 2 is 1.84 bits per heavy atom. The van der Waals surface area contributed by atoms with Crippen LogP contribution in [0.1, 0.15) is 32.8 Å². The number of ether oxygens (including phenoxy) is 1. The van der Waals surface area contributed by atoms with Crippen LogP contribution >= 0.6 is 12.4 Å². The maximum Gasteiger partial charge on any atom is 0.307 e. The second-order valence-electron chi connectivity index (χ2n) is 5.01. The van der Waals surface area contributed by atoms with Gasteiger partial charge in [0.05, 0.1) is 13.0 Å². The smallest absolute Gasteiger partial charge is 0.307 e. The van der Waals surface area contributed by atoms with Crippen molar-refractivity contribution >= 4 is 18.4 Å². The summed E-state index contributed by atoms with van der Waals surface area (Å²) < 4.78 is 5.17. The Balaban J connectivity index is 0.00000324. The molecule has 0 bridgehead atoms. The predicted molar refractivity (Wildman–Crippen MR) is 76.9 cm³/mol. The van der Waals surface area contributed by atoms with E-state index in [1.807, 2.05) is 51.1 Å². The predicted octanol–water partition coefficient (Wildman–Crippen LogP) is 2.86. The van der Waals surface area contributed by atoms with E-state index < -0.39 is 5.60 Å². The third-order valence-corrected chi connectivity index (χ3v) is 2.03. The van der Waals surface area contributed by atoms with E-state index in [1.165, 1.54) is 0 Å². The maximum absolute atomic E-state index is 11.4. The van der Waals surface area contributed by atoms with Crippen LogP contribution in [0.3, 0.4) is 0 Å². The lowest BCUT2D eigenvalue weighted by Crippen LogP contribution is -2.26. The molecule has 0 fully saturated rings. The third kappa shape index (κ3) is 9.47. The third-order valence-electron chi connectivity index (χ3n) is 2.03. The summed E-state index contributed by atoms with van der Waals surface area (Å²) in [4.78, 5) is 16.6. The molecule has 0 saturated heterocycles. The number of nitrogens with one attached hydrogen (secondary N) is 1. The first-order valence-corrected chi connectivity index (χ1v) is 6.08. The fourth-order valence-electron chi connectivity index (χ4n) is 1.33. The summed E-state index contributed by atoms with van der Waals surface area (Å²) in [6.07, 6.45) is 0.298. The van der Waals surface area contributed by atoms with Crippen molar-refractivity contribution in [3.63, 3.8) is 0 Å². The molecular formula is C14H22ClNO3. The summed E-state index contributed by atoms with van der Waals surface area (Å²) in [6.45, 7) is 6.48. The van der Waals surface area contributed by atoms with E-state index in [0.717, 1.165) is 5.56 Å². The summed E-state index contributed by atoms with van der Waals surface area (Å²) in [5, 5.41) is 0. The molecule has 4 nitrogen and oxygen atoms in total. The molecule has 0 aliphatic carbocycles. The highest BCUT2D eigenvalue weighted by Gasteiger charge is 2.15. The first-order chi connectivity index (χ1) is 8.47. The molecule has 0 spiro atoms. The summed E-state index contributed by atoms with van der Waals surface area (Å²) in [5.74, 6) is -0.224. The van der Waals surface area contributed by atoms with Gasteiger partial charge in [-0.05, 0) is 26.3 Å². The minimum atomic E-state index is -0.429. The van der Waals surface area contributed by atoms with Crippen LogP contribution in [0, 0.1) is 0 Å². The lowest BCUT2D eigenvalue weighted by Gasteiger charge is -2.19. The minimum absolute atomic E-state index is 0. The van der Waals surface area contributed by atoms with Crippen LogP contribution in [0.4, 0.5) is 0 Å². The zero-order valence-electron chi connectivity index (χ0n) is 11.6. The van der Waals surface area contributed by atoms with Gasteiger partial charge in [-0.25, -0.2) is 5.48 Å². The van der Waals surface area contributed by atoms with Crippen LogP contribution in [-0.4, -0.2) is 18.1 Å². The van der Waals surface area contributed by atoms with Gasteiger partial charge in [0.15, 0.2) is 0 Å². The lowest BCUT2D eigenvalue weighted by molar-refractivity contribution is -0.155. The Labute approximate surface area is 120 Å². The molecule has 1 N–H and O–H groups in total. The Hall–Kier alpha value is -1.10. The molecule has 0 unspecified atom stereocenters. The Morgan fingerprint density at radius 1 is 1.21 bits per heavy atom. The van der Waals surface area contributed by atoms with Gasteiger partial charge in [0, 0.05) is 6.54 Å². The molecule has 1 rings (SSSR count). The molecule has 0 aromatic heterocycles. The monoisotopic (exact) mass is 287 g/mol. The van der Waals surface area contributed by atoms with E-state index in [4.69, 9.17) is 9.57 Å². The van der Waals surface area contributed by atoms with Gasteiger partial charge in [-0.3, -0.25) is 9.63 Å². The van der Waals surface area contributed by atoms with Crippen molar-refractivity contribution in [2.75, 3.05) is 6.54 Å². The lowest BCUT2D eigenvalue weighted by atomic mass is 10.2. The highest BCUT2D eigenvalue weighted by Crippen LogP contribution is 2.07. The number of halogens is 1. The largest absolute Gasteiger partial charge is 0.460 e. The number of carbonyl (C=O) groups excluding carboxylic acids is 1. The zero-order valence-corrected chi connectivity index (χ0v) is 12.5. The van der Waals surface area contributed by atoms with E-state index in [-0.39, 0.29) is 18.4 Å². The highest BCUT2D eigenvalue weighted by molar-refractivity contribution is 5.85. The molecule has 108 valence electrons. The van der Waals surface area contributed by atoms with Crippen molar-refractivity contribution in [1.82, 2.24) is 5.48 Å². The van der Waals surface area contributed by atoms with Gasteiger partial charge in [-0.1, -0.05) is 30.3 Å². The first-order valence-electron chi connectivity index (χ1n) is 6.08. The molecule has 0 radical (unpaired) electrons. The summed E-state index contributed by atoms with van der Waals surface area (Å²) in [6, 6.07) is 9.84. The molecule has 19 heavy (non-hydrogen) atoms. The van der Waals surface area contributed by atoms with Crippen LogP contribution in [0.5, 0.6) is 0 Å². The minimum Gasteiger partial charge on any atom is -0.460 e. The number of hydrogen-bond donors (Lipinski definition) is 1. The molecule has 1 aromatic carbocycles. The first kappa shape index (κ1) is 17.9. The number of carbonyl (C=O) groups is 1. The summed E-state index contributed by atoms with van der Waals surface area (Å²) >= 11 is 0. The van der Waals surface area contributed by atoms with Gasteiger partial charge in [0.2, 0.25) is 0 Å². The van der Waals surface area contributed by atoms with E-state index in [0.29, 0.717) is 19.6 Å². The van der Waals surface area contributed by atoms with E-state index in [9.17, 15) is 4.79 Å². The number of rotatable bonds is 6. The van der Waals surface area contributed by atoms with Gasteiger partial charge >= 0.3 is 5.97 Å². The topological polar surface area (TPSA) is 47.6 Å². The Bertz CT molecular complexity index is 363. The van der Waals surface area contributed by atoms with Crippen LogP contribution in [0.2, 0.25) is 0 Å². The molecule has 0 aliphatic rings. The Kier molecular flexibility index (Phi) is 8.39. The van der Waals surface area contributed by atoms with Crippen LogP contribution in [0.25, 0.3) is 0 Å². The Morgan fingerprint density at radius 3 is 2.42 bits per heavy atom. The number of benzene rings is 1. The maximum atomic E-state index is 11.4. The zero-order chi connectivity index (χ0) is 13.4. The molecular weight excluding hydrogens is 266 g/mol. The van der Waals surface area contributed by atoms with E-state index in [2.05, 4.69) is 5.48 Å². The van der Waals surface area contributed by atoms with Crippen molar-refractivity contribution in [3.8, 4) is 0 Å². The molecule has 5 heteroatoms. The van der Waals surface area contributed by atoms with Crippen molar-refractivity contribution in [3.05, 3.63) is 35.9 Å². The van der Waals surface area contributed by atoms with Crippen molar-refractivity contribution < 1.29 is 14.4 Å². The number of hydrogen-bond acceptors (Lipinski definition) is 4. The van der Waals surface area contributed by atoms with Gasteiger partial charge in [-0.15, -0.1) is 12.4 Å². The van der Waals surface area contributed by atoms with Crippen molar-refractivity contribution in [2.45, 2.75) is 39.4 Å². The van der Waals surface area contributed by atoms with Crippen LogP contribution < -0.4 is 5.48 Å². The normalized spacial score (nSPS) is 10.7. The quantitative estimate of drug-likeness (QED) is 0.496. The second-order valence-corrected chi connectivity index (χ2v) is 5.01. The molecule has 0 aliphatic heterocycles. The van der Waals surface area contributed by atoms with Crippen LogP contribution in [0.15, 0.2) is 30.3 Å². The van der Waals surface area contributed by atoms with Gasteiger partial charge in [0.25, 0.3) is 0 Å². The second kappa shape index (κ2) is 8.91. The number of esters is 1. The number of hydroxylamine groups is 1. The van der Waals surface area contributed by atoms with Crippen molar-refractivity contribution in [1.29, 1.82) is 0 Å². The average Bonchev–Trinajstić information content (AvgIpc) is 2.27. The summed E-state index contributed by atoms with van der Waals surface area (Å²) in [5.41, 5.74) is 3.41. The van der Waals surface area contributed by atoms with Gasteiger partial charge in [0.1, 0.15) is 5.60 Å². The molecule has 0 amide bonds. The SMILES string of the molecule is CC(C)(C)OC(=O)CCNOCc1ccccc1.Cl. The fourth-order valence-corrected chi connectivity index (χ4v) is 1.33. The molecule has 1 aromatic rings. The standard InChI is InChI=1S/C14H21NO3.ClH/c1-14(2,3)18-13(16)9-10-15-17-11-12-7-5-4-6-8-12;/h4-8,15H,9-11H2,1-3H3;1H. The van der Waals surface area contributed by atoms with Gasteiger partial charge < -0.3 is 4.74 Å². The van der Waals surface area contributed by atoms with Crippen molar-refractivity contribution in [2.24, 2.45) is 0 Å².